The third-order valence-corrected chi connectivity index (χ3v) is 3.21. The molecule has 0 aliphatic carbocycles. The minimum absolute atomic E-state index is 0.696. The molecule has 0 atom stereocenters. The molecule has 0 amide bonds. The second-order valence-corrected chi connectivity index (χ2v) is 4.57. The molecule has 2 N–H and O–H groups in total. The van der Waals surface area contributed by atoms with E-state index in [1.165, 1.54) is 29.4 Å². The van der Waals surface area contributed by atoms with E-state index in [0.29, 0.717) is 6.54 Å². The Kier molecular flexibility index (Phi) is 3.79. The van der Waals surface area contributed by atoms with Crippen LogP contribution in [0.3, 0.4) is 0 Å². The van der Waals surface area contributed by atoms with Gasteiger partial charge >= 0.3 is 0 Å². The highest BCUT2D eigenvalue weighted by molar-refractivity contribution is 5.83. The van der Waals surface area contributed by atoms with E-state index in [1.54, 1.807) is 0 Å². The maximum absolute atomic E-state index is 5.68. The molecule has 0 aliphatic rings. The van der Waals surface area contributed by atoms with Crippen molar-refractivity contribution >= 4 is 11.0 Å². The van der Waals surface area contributed by atoms with Crippen molar-refractivity contribution in [3.05, 3.63) is 29.6 Å². The predicted octanol–water partition coefficient (Wildman–Crippen LogP) is 2.65. The van der Waals surface area contributed by atoms with Crippen LogP contribution in [0, 0.1) is 6.92 Å². The summed E-state index contributed by atoms with van der Waals surface area (Å²) in [6, 6.07) is 2.08. The van der Waals surface area contributed by atoms with Gasteiger partial charge in [-0.05, 0) is 43.5 Å². The second kappa shape index (κ2) is 5.32. The van der Waals surface area contributed by atoms with Crippen molar-refractivity contribution in [3.63, 3.8) is 0 Å². The third-order valence-electron chi connectivity index (χ3n) is 3.21. The van der Waals surface area contributed by atoms with E-state index in [0.717, 1.165) is 18.6 Å². The van der Waals surface area contributed by atoms with Crippen LogP contribution in [0.2, 0.25) is 0 Å². The number of hydrogen-bond acceptors (Lipinski definition) is 2. The van der Waals surface area contributed by atoms with Crippen molar-refractivity contribution in [2.45, 2.75) is 39.7 Å². The van der Waals surface area contributed by atoms with Crippen molar-refractivity contribution < 1.29 is 0 Å². The first-order valence-electron chi connectivity index (χ1n) is 6.41. The van der Waals surface area contributed by atoms with Crippen LogP contribution in [0.25, 0.3) is 11.0 Å². The molecule has 0 bridgehead atoms. The number of pyridine rings is 1. The summed E-state index contributed by atoms with van der Waals surface area (Å²) in [4.78, 5) is 4.52. The molecule has 2 heterocycles. The van der Waals surface area contributed by atoms with E-state index in [4.69, 9.17) is 5.73 Å². The molecule has 2 aromatic heterocycles. The Balaban J connectivity index is 2.50. The van der Waals surface area contributed by atoms with Crippen LogP contribution in [0.4, 0.5) is 0 Å². The van der Waals surface area contributed by atoms with Crippen LogP contribution in [-0.4, -0.2) is 16.1 Å². The van der Waals surface area contributed by atoms with Gasteiger partial charge in [-0.15, -0.1) is 0 Å². The highest BCUT2D eigenvalue weighted by Crippen LogP contribution is 2.23. The fourth-order valence-corrected chi connectivity index (χ4v) is 2.32. The predicted molar refractivity (Wildman–Crippen MR) is 72.1 cm³/mol. The normalized spacial score (nSPS) is 11.2. The molecule has 17 heavy (non-hydrogen) atoms. The average molecular weight is 231 g/mol. The van der Waals surface area contributed by atoms with Crippen LogP contribution in [0.15, 0.2) is 18.5 Å². The number of hydrogen-bond donors (Lipinski definition) is 1. The zero-order valence-electron chi connectivity index (χ0n) is 10.7. The molecule has 92 valence electrons. The molecule has 0 saturated heterocycles. The molecule has 0 saturated carbocycles. The zero-order chi connectivity index (χ0) is 12.3. The standard InChI is InChI=1S/C14H21N3/c1-3-4-9-17-10-12(5-7-15)13-11(2)6-8-16-14(13)17/h6,8,10H,3-5,7,9,15H2,1-2H3. The first-order valence-corrected chi connectivity index (χ1v) is 6.41. The summed E-state index contributed by atoms with van der Waals surface area (Å²) in [5.41, 5.74) is 9.43. The molecule has 0 aliphatic heterocycles. The summed E-state index contributed by atoms with van der Waals surface area (Å²) in [7, 11) is 0. The highest BCUT2D eigenvalue weighted by atomic mass is 15.0. The Morgan fingerprint density at radius 1 is 1.41 bits per heavy atom. The van der Waals surface area contributed by atoms with Gasteiger partial charge in [-0.3, -0.25) is 0 Å². The maximum atomic E-state index is 5.68. The average Bonchev–Trinajstić information content (AvgIpc) is 2.67. The van der Waals surface area contributed by atoms with Crippen molar-refractivity contribution in [3.8, 4) is 0 Å². The van der Waals surface area contributed by atoms with Gasteiger partial charge in [0, 0.05) is 24.3 Å². The number of unbranched alkanes of at least 4 members (excludes halogenated alkanes) is 1. The molecule has 2 aromatic rings. The van der Waals surface area contributed by atoms with Gasteiger partial charge in [0.25, 0.3) is 0 Å². The Labute approximate surface area is 103 Å². The SMILES string of the molecule is CCCCn1cc(CCN)c2c(C)ccnc21. The molecule has 2 rings (SSSR count). The number of aromatic nitrogens is 2. The molecular formula is C14H21N3. The Hall–Kier alpha value is -1.35. The smallest absolute Gasteiger partial charge is 0.140 e. The molecule has 0 aromatic carbocycles. The van der Waals surface area contributed by atoms with Gasteiger partial charge in [-0.2, -0.15) is 0 Å². The summed E-state index contributed by atoms with van der Waals surface area (Å²) < 4.78 is 2.27. The maximum Gasteiger partial charge on any atom is 0.140 e. The number of nitrogens with zero attached hydrogens (tertiary/aromatic N) is 2. The summed E-state index contributed by atoms with van der Waals surface area (Å²) >= 11 is 0. The van der Waals surface area contributed by atoms with Gasteiger partial charge in [0.05, 0.1) is 0 Å². The monoisotopic (exact) mass is 231 g/mol. The van der Waals surface area contributed by atoms with Crippen molar-refractivity contribution in [1.82, 2.24) is 9.55 Å². The molecule has 0 radical (unpaired) electrons. The first kappa shape index (κ1) is 12.1. The van der Waals surface area contributed by atoms with Crippen LogP contribution in [0.1, 0.15) is 30.9 Å². The van der Waals surface area contributed by atoms with Crippen molar-refractivity contribution in [2.75, 3.05) is 6.54 Å². The summed E-state index contributed by atoms with van der Waals surface area (Å²) in [6.45, 7) is 6.11. The van der Waals surface area contributed by atoms with Crippen molar-refractivity contribution in [2.24, 2.45) is 5.73 Å². The van der Waals surface area contributed by atoms with E-state index in [-0.39, 0.29) is 0 Å². The Bertz CT molecular complexity index is 499. The number of fused-ring (bicyclic) bond motifs is 1. The van der Waals surface area contributed by atoms with Crippen LogP contribution >= 0.6 is 0 Å². The molecule has 0 fully saturated rings. The minimum atomic E-state index is 0.696. The number of rotatable bonds is 5. The lowest BCUT2D eigenvalue weighted by atomic mass is 10.1. The molecule has 3 nitrogen and oxygen atoms in total. The Morgan fingerprint density at radius 2 is 2.24 bits per heavy atom. The van der Waals surface area contributed by atoms with E-state index < -0.39 is 0 Å². The Morgan fingerprint density at radius 3 is 2.94 bits per heavy atom. The zero-order valence-corrected chi connectivity index (χ0v) is 10.7. The lowest BCUT2D eigenvalue weighted by molar-refractivity contribution is 0.644. The molecule has 0 spiro atoms. The fourth-order valence-electron chi connectivity index (χ4n) is 2.32. The second-order valence-electron chi connectivity index (χ2n) is 4.57. The lowest BCUT2D eigenvalue weighted by Crippen LogP contribution is -2.02. The summed E-state index contributed by atoms with van der Waals surface area (Å²) in [5.74, 6) is 0. The fraction of sp³-hybridized carbons (Fsp3) is 0.500. The van der Waals surface area contributed by atoms with E-state index >= 15 is 0 Å². The summed E-state index contributed by atoms with van der Waals surface area (Å²) in [5, 5.41) is 1.30. The van der Waals surface area contributed by atoms with Gasteiger partial charge < -0.3 is 10.3 Å². The van der Waals surface area contributed by atoms with Crippen molar-refractivity contribution in [1.29, 1.82) is 0 Å². The lowest BCUT2D eigenvalue weighted by Gasteiger charge is -2.03. The topological polar surface area (TPSA) is 43.8 Å². The quantitative estimate of drug-likeness (QED) is 0.859. The number of nitrogens with two attached hydrogens (primary N) is 1. The van der Waals surface area contributed by atoms with Gasteiger partial charge in [0.15, 0.2) is 0 Å². The van der Waals surface area contributed by atoms with E-state index in [9.17, 15) is 0 Å². The van der Waals surface area contributed by atoms with Crippen LogP contribution in [-0.2, 0) is 13.0 Å². The van der Waals surface area contributed by atoms with Gasteiger partial charge in [0.1, 0.15) is 5.65 Å². The van der Waals surface area contributed by atoms with E-state index in [2.05, 4.69) is 35.7 Å². The molecule has 3 heteroatoms. The van der Waals surface area contributed by atoms with Crippen LogP contribution in [0.5, 0.6) is 0 Å². The molecule has 0 unspecified atom stereocenters. The third kappa shape index (κ3) is 2.34. The highest BCUT2D eigenvalue weighted by Gasteiger charge is 2.10. The minimum Gasteiger partial charge on any atom is -0.332 e. The number of aryl methyl sites for hydroxylation is 2. The largest absolute Gasteiger partial charge is 0.332 e. The first-order chi connectivity index (χ1) is 8.27. The van der Waals surface area contributed by atoms with E-state index in [1.807, 2.05) is 6.20 Å². The van der Waals surface area contributed by atoms with Gasteiger partial charge in [-0.1, -0.05) is 13.3 Å². The molecular weight excluding hydrogens is 210 g/mol. The van der Waals surface area contributed by atoms with Crippen LogP contribution < -0.4 is 5.73 Å². The summed E-state index contributed by atoms with van der Waals surface area (Å²) in [6.07, 6.45) is 7.46. The van der Waals surface area contributed by atoms with Gasteiger partial charge in [0.2, 0.25) is 0 Å². The van der Waals surface area contributed by atoms with Gasteiger partial charge in [-0.25, -0.2) is 4.98 Å².